The third-order valence-corrected chi connectivity index (χ3v) is 6.73. The van der Waals surface area contributed by atoms with Crippen molar-refractivity contribution < 1.29 is 0 Å². The summed E-state index contributed by atoms with van der Waals surface area (Å²) in [5.41, 5.74) is 4.82. The van der Waals surface area contributed by atoms with Crippen LogP contribution in [0, 0.1) is 11.3 Å². The Morgan fingerprint density at radius 3 is 2.63 bits per heavy atom. The number of rotatable bonds is 4. The maximum atomic E-state index is 12.8. The van der Waals surface area contributed by atoms with Crippen LogP contribution in [0.2, 0.25) is 0 Å². The van der Waals surface area contributed by atoms with E-state index >= 15 is 0 Å². The Balaban J connectivity index is 1.62. The van der Waals surface area contributed by atoms with E-state index in [1.54, 1.807) is 6.07 Å². The van der Waals surface area contributed by atoms with Crippen molar-refractivity contribution in [2.45, 2.75) is 37.1 Å². The van der Waals surface area contributed by atoms with Crippen LogP contribution in [-0.2, 0) is 11.2 Å². The van der Waals surface area contributed by atoms with Crippen molar-refractivity contribution in [1.29, 1.82) is 5.26 Å². The first kappa shape index (κ1) is 20.4. The van der Waals surface area contributed by atoms with Gasteiger partial charge in [-0.2, -0.15) is 5.26 Å². The third-order valence-electron chi connectivity index (χ3n) is 4.92. The molecule has 150 valence electrons. The number of hydrogen-bond acceptors (Lipinski definition) is 5. The predicted molar refractivity (Wildman–Crippen MR) is 125 cm³/mol. The molecule has 0 saturated carbocycles. The van der Waals surface area contributed by atoms with Crippen LogP contribution in [0.25, 0.3) is 21.3 Å². The van der Waals surface area contributed by atoms with E-state index < -0.39 is 0 Å². The number of thioether (sulfide) groups is 1. The molecule has 0 aliphatic carbocycles. The molecule has 2 aromatic heterocycles. The lowest BCUT2D eigenvalue weighted by Gasteiger charge is -2.19. The van der Waals surface area contributed by atoms with E-state index in [4.69, 9.17) is 5.26 Å². The predicted octanol–water partition coefficient (Wildman–Crippen LogP) is 6.11. The zero-order chi connectivity index (χ0) is 21.3. The first-order chi connectivity index (χ1) is 14.3. The molecule has 0 radical (unpaired) electrons. The number of thiophene rings is 1. The number of nitrogens with zero attached hydrogens (tertiary/aromatic N) is 2. The van der Waals surface area contributed by atoms with Gasteiger partial charge in [-0.05, 0) is 34.2 Å². The number of nitrogens with one attached hydrogen (secondary N) is 1. The maximum Gasteiger partial charge on any atom is 0.260 e. The van der Waals surface area contributed by atoms with E-state index in [1.165, 1.54) is 28.7 Å². The van der Waals surface area contributed by atoms with Crippen LogP contribution < -0.4 is 5.56 Å². The smallest absolute Gasteiger partial charge is 0.260 e. The molecule has 0 aliphatic heterocycles. The van der Waals surface area contributed by atoms with E-state index in [-0.39, 0.29) is 11.0 Å². The van der Waals surface area contributed by atoms with Crippen molar-refractivity contribution in [3.05, 3.63) is 81.0 Å². The molecule has 0 atom stereocenters. The molecule has 2 aromatic carbocycles. The van der Waals surface area contributed by atoms with Gasteiger partial charge in [-0.25, -0.2) is 4.98 Å². The van der Waals surface area contributed by atoms with E-state index in [0.717, 1.165) is 21.5 Å². The van der Waals surface area contributed by atoms with Gasteiger partial charge >= 0.3 is 0 Å². The summed E-state index contributed by atoms with van der Waals surface area (Å²) in [6.07, 6.45) is 0. The fraction of sp³-hybridized carbons (Fsp3) is 0.208. The van der Waals surface area contributed by atoms with Crippen LogP contribution in [0.1, 0.15) is 37.5 Å². The van der Waals surface area contributed by atoms with Gasteiger partial charge in [-0.1, -0.05) is 68.9 Å². The Hall–Kier alpha value is -2.88. The normalized spacial score (nSPS) is 11.5. The lowest BCUT2D eigenvalue weighted by molar-refractivity contribution is 0.590. The highest BCUT2D eigenvalue weighted by Gasteiger charge is 2.16. The fourth-order valence-corrected chi connectivity index (χ4v) is 5.05. The summed E-state index contributed by atoms with van der Waals surface area (Å²) in [5.74, 6) is 0.635. The molecular formula is C24H21N3OS2. The molecule has 0 amide bonds. The Morgan fingerprint density at radius 1 is 1.17 bits per heavy atom. The molecule has 0 fully saturated rings. The topological polar surface area (TPSA) is 69.5 Å². The highest BCUT2D eigenvalue weighted by molar-refractivity contribution is 7.98. The number of nitriles is 1. The molecule has 1 N–H and O–H groups in total. The molecular weight excluding hydrogens is 410 g/mol. The number of aromatic amines is 1. The van der Waals surface area contributed by atoms with E-state index in [2.05, 4.69) is 61.1 Å². The lowest BCUT2D eigenvalue weighted by Crippen LogP contribution is -2.10. The summed E-state index contributed by atoms with van der Waals surface area (Å²) in [5, 5.41) is 12.3. The van der Waals surface area contributed by atoms with E-state index in [9.17, 15) is 4.79 Å². The van der Waals surface area contributed by atoms with Crippen molar-refractivity contribution in [1.82, 2.24) is 9.97 Å². The van der Waals surface area contributed by atoms with Gasteiger partial charge in [0.25, 0.3) is 5.56 Å². The Labute approximate surface area is 183 Å². The zero-order valence-electron chi connectivity index (χ0n) is 17.0. The van der Waals surface area contributed by atoms with Crippen LogP contribution in [0.15, 0.2) is 63.9 Å². The minimum absolute atomic E-state index is 0.0904. The van der Waals surface area contributed by atoms with Crippen molar-refractivity contribution in [2.24, 2.45) is 0 Å². The van der Waals surface area contributed by atoms with Gasteiger partial charge in [0.05, 0.1) is 17.0 Å². The quantitative estimate of drug-likeness (QED) is 0.312. The van der Waals surface area contributed by atoms with E-state index in [0.29, 0.717) is 21.9 Å². The van der Waals surface area contributed by atoms with Crippen molar-refractivity contribution in [3.63, 3.8) is 0 Å². The van der Waals surface area contributed by atoms with Gasteiger partial charge in [-0.3, -0.25) is 4.79 Å². The molecule has 2 heterocycles. The van der Waals surface area contributed by atoms with Crippen LogP contribution in [0.5, 0.6) is 0 Å². The van der Waals surface area contributed by atoms with Crippen LogP contribution in [0.4, 0.5) is 0 Å². The second-order valence-corrected chi connectivity index (χ2v) is 9.95. The molecule has 4 rings (SSSR count). The fourth-order valence-electron chi connectivity index (χ4n) is 3.24. The lowest BCUT2D eigenvalue weighted by atomic mass is 9.86. The summed E-state index contributed by atoms with van der Waals surface area (Å²) >= 11 is 2.95. The Bertz CT molecular complexity index is 1310. The highest BCUT2D eigenvalue weighted by Crippen LogP contribution is 2.33. The van der Waals surface area contributed by atoms with Gasteiger partial charge in [0.15, 0.2) is 5.16 Å². The molecule has 0 bridgehead atoms. The molecule has 4 nitrogen and oxygen atoms in total. The summed E-state index contributed by atoms with van der Waals surface area (Å²) in [7, 11) is 0. The van der Waals surface area contributed by atoms with Crippen molar-refractivity contribution in [3.8, 4) is 17.2 Å². The molecule has 0 saturated heterocycles. The summed E-state index contributed by atoms with van der Waals surface area (Å²) in [6.45, 7) is 6.56. The maximum absolute atomic E-state index is 12.8. The Kier molecular flexibility index (Phi) is 5.50. The van der Waals surface area contributed by atoms with Crippen LogP contribution in [0.3, 0.4) is 0 Å². The second-order valence-electron chi connectivity index (χ2n) is 8.13. The van der Waals surface area contributed by atoms with Crippen molar-refractivity contribution in [2.75, 3.05) is 0 Å². The largest absolute Gasteiger partial charge is 0.301 e. The van der Waals surface area contributed by atoms with E-state index in [1.807, 2.05) is 23.6 Å². The highest BCUT2D eigenvalue weighted by atomic mass is 32.2. The number of H-pyrrole nitrogens is 1. The minimum Gasteiger partial charge on any atom is -0.301 e. The Morgan fingerprint density at radius 2 is 1.93 bits per heavy atom. The summed E-state index contributed by atoms with van der Waals surface area (Å²) in [6, 6.07) is 18.0. The number of fused-ring (bicyclic) bond motifs is 1. The number of benzene rings is 2. The summed E-state index contributed by atoms with van der Waals surface area (Å²) < 4.78 is 0. The number of hydrogen-bond donors (Lipinski definition) is 1. The third kappa shape index (κ3) is 4.18. The molecule has 6 heteroatoms. The molecule has 0 aliphatic rings. The number of aromatic nitrogens is 2. The van der Waals surface area contributed by atoms with Crippen LogP contribution >= 0.6 is 23.1 Å². The average molecular weight is 432 g/mol. The molecule has 0 spiro atoms. The summed E-state index contributed by atoms with van der Waals surface area (Å²) in [4.78, 5) is 21.2. The van der Waals surface area contributed by atoms with Gasteiger partial charge in [0.1, 0.15) is 4.83 Å². The SMILES string of the molecule is CC(C)(C)c1ccc(-c2csc3nc(SCc4cccc(C#N)c4)[nH]c(=O)c23)cc1. The standard InChI is InChI=1S/C24H21N3OS2/c1-24(2,3)18-9-7-17(8-10-18)19-14-29-22-20(19)21(28)26-23(27-22)30-13-16-6-4-5-15(11-16)12-25/h4-11,14H,13H2,1-3H3,(H,26,27,28). The second kappa shape index (κ2) is 8.10. The molecule has 30 heavy (non-hydrogen) atoms. The van der Waals surface area contributed by atoms with Crippen molar-refractivity contribution >= 4 is 33.3 Å². The average Bonchev–Trinajstić information content (AvgIpc) is 3.16. The van der Waals surface area contributed by atoms with Gasteiger partial charge in [0, 0.05) is 16.7 Å². The molecule has 4 aromatic rings. The van der Waals surface area contributed by atoms with Gasteiger partial charge < -0.3 is 4.98 Å². The zero-order valence-corrected chi connectivity index (χ0v) is 18.7. The monoisotopic (exact) mass is 431 g/mol. The molecule has 0 unspecified atom stereocenters. The van der Waals surface area contributed by atoms with Crippen LogP contribution in [-0.4, -0.2) is 9.97 Å². The van der Waals surface area contributed by atoms with Gasteiger partial charge in [-0.15, -0.1) is 11.3 Å². The minimum atomic E-state index is -0.121. The van der Waals surface area contributed by atoms with Gasteiger partial charge in [0.2, 0.25) is 0 Å². The first-order valence-electron chi connectivity index (χ1n) is 9.59. The first-order valence-corrected chi connectivity index (χ1v) is 11.5.